The number of fused-ring (bicyclic) bond motifs is 3. The van der Waals surface area contributed by atoms with Gasteiger partial charge in [0.15, 0.2) is 22.8 Å². The Balaban J connectivity index is 1.46. The molecule has 4 aromatic carbocycles. The third-order valence-corrected chi connectivity index (χ3v) is 9.32. The second-order valence-electron chi connectivity index (χ2n) is 11.0. The highest BCUT2D eigenvalue weighted by Gasteiger charge is 2.68. The van der Waals surface area contributed by atoms with Crippen LogP contribution in [0.25, 0.3) is 38.9 Å². The van der Waals surface area contributed by atoms with E-state index in [1.54, 1.807) is 0 Å². The Bertz CT molecular complexity index is 2320. The molecule has 4 aliphatic rings. The van der Waals surface area contributed by atoms with Crippen LogP contribution >= 0.6 is 0 Å². The largest absolute Gasteiger partial charge is 0.456 e. The summed E-state index contributed by atoms with van der Waals surface area (Å²) in [6.45, 7) is 0. The second-order valence-corrected chi connectivity index (χ2v) is 11.0. The van der Waals surface area contributed by atoms with Crippen molar-refractivity contribution >= 4 is 38.9 Å². The van der Waals surface area contributed by atoms with Gasteiger partial charge in [-0.2, -0.15) is 9.13 Å². The molecule has 0 bridgehead atoms. The standard InChI is InChI=1S/C35H20N4O/c1-2-9-21(10-3-1)38-26-14-6-11-22-23-17-18-29-31-33(23)39(32(22)26)34-27(38)15-8-20-37(34)35(31)30-24(12-7-16-28(30)40-29)25-13-4-5-19-36(25)35/h1-20H/q+2. The van der Waals surface area contributed by atoms with Crippen molar-refractivity contribution in [1.82, 2.24) is 4.57 Å². The Morgan fingerprint density at radius 3 is 2.33 bits per heavy atom. The maximum atomic E-state index is 6.76. The molecule has 0 amide bonds. The zero-order valence-electron chi connectivity index (χ0n) is 21.2. The van der Waals surface area contributed by atoms with Gasteiger partial charge in [0.2, 0.25) is 5.69 Å². The topological polar surface area (TPSA) is 25.2 Å². The summed E-state index contributed by atoms with van der Waals surface area (Å²) < 4.78 is 14.2. The molecule has 0 N–H and O–H groups in total. The average Bonchev–Trinajstić information content (AvgIpc) is 3.51. The van der Waals surface area contributed by atoms with Crippen molar-refractivity contribution in [3.8, 4) is 28.6 Å². The molecule has 0 aliphatic carbocycles. The van der Waals surface area contributed by atoms with Gasteiger partial charge >= 0.3 is 11.5 Å². The van der Waals surface area contributed by atoms with E-state index in [1.165, 1.54) is 55.7 Å². The van der Waals surface area contributed by atoms with Gasteiger partial charge in [0.05, 0.1) is 17.4 Å². The van der Waals surface area contributed by atoms with Gasteiger partial charge in [-0.05, 0) is 66.7 Å². The minimum Gasteiger partial charge on any atom is -0.456 e. The number of pyridine rings is 2. The molecule has 0 radical (unpaired) electrons. The van der Waals surface area contributed by atoms with Crippen LogP contribution in [-0.4, -0.2) is 4.57 Å². The predicted octanol–water partition coefficient (Wildman–Crippen LogP) is 6.84. The van der Waals surface area contributed by atoms with E-state index in [0.29, 0.717) is 0 Å². The summed E-state index contributed by atoms with van der Waals surface area (Å²) in [7, 11) is 0. The molecular weight excluding hydrogens is 492 g/mol. The predicted molar refractivity (Wildman–Crippen MR) is 153 cm³/mol. The number of hydrogen-bond acceptors (Lipinski definition) is 2. The van der Waals surface area contributed by atoms with Gasteiger partial charge in [0.25, 0.3) is 0 Å². The lowest BCUT2D eigenvalue weighted by atomic mass is 9.84. The van der Waals surface area contributed by atoms with E-state index in [4.69, 9.17) is 4.74 Å². The van der Waals surface area contributed by atoms with Crippen molar-refractivity contribution in [3.63, 3.8) is 0 Å². The molecule has 0 fully saturated rings. The zero-order chi connectivity index (χ0) is 25.7. The van der Waals surface area contributed by atoms with Crippen molar-refractivity contribution in [2.75, 3.05) is 4.90 Å². The van der Waals surface area contributed by atoms with Gasteiger partial charge in [-0.25, -0.2) is 0 Å². The summed E-state index contributed by atoms with van der Waals surface area (Å²) in [5.41, 5.74) is 10.1. The molecule has 3 aromatic heterocycles. The number of ether oxygens (including phenoxy) is 1. The number of para-hydroxylation sites is 2. The van der Waals surface area contributed by atoms with E-state index in [-0.39, 0.29) is 0 Å². The first-order valence-electron chi connectivity index (χ1n) is 13.7. The highest BCUT2D eigenvalue weighted by Crippen LogP contribution is 2.59. The minimum atomic E-state index is -0.620. The fourth-order valence-electron chi connectivity index (χ4n) is 8.04. The van der Waals surface area contributed by atoms with E-state index in [9.17, 15) is 0 Å². The van der Waals surface area contributed by atoms with Crippen molar-refractivity contribution in [3.05, 3.63) is 133 Å². The monoisotopic (exact) mass is 512 g/mol. The Kier molecular flexibility index (Phi) is 3.06. The van der Waals surface area contributed by atoms with Crippen LogP contribution in [-0.2, 0) is 5.66 Å². The Labute approximate surface area is 229 Å². The van der Waals surface area contributed by atoms with Crippen LogP contribution in [0, 0.1) is 0 Å². The Hall–Kier alpha value is -5.42. The van der Waals surface area contributed by atoms with Gasteiger partial charge in [-0.3, -0.25) is 4.90 Å². The number of nitrogens with zero attached hydrogens (tertiary/aromatic N) is 4. The van der Waals surface area contributed by atoms with Gasteiger partial charge in [0.1, 0.15) is 22.7 Å². The first kappa shape index (κ1) is 19.6. The highest BCUT2D eigenvalue weighted by atomic mass is 16.5. The molecular formula is C35H20N4O+2. The fraction of sp³-hybridized carbons (Fsp3) is 0.0286. The quantitative estimate of drug-likeness (QED) is 0.225. The molecule has 0 saturated heterocycles. The highest BCUT2D eigenvalue weighted by molar-refractivity contribution is 6.17. The minimum absolute atomic E-state index is 0.620. The third kappa shape index (κ3) is 1.85. The van der Waals surface area contributed by atoms with Crippen LogP contribution in [0.15, 0.2) is 122 Å². The lowest BCUT2D eigenvalue weighted by Gasteiger charge is -2.37. The molecule has 5 nitrogen and oxygen atoms in total. The van der Waals surface area contributed by atoms with Crippen molar-refractivity contribution < 1.29 is 13.9 Å². The summed E-state index contributed by atoms with van der Waals surface area (Å²) in [4.78, 5) is 2.42. The molecule has 11 rings (SSSR count). The average molecular weight is 513 g/mol. The smallest absolute Gasteiger partial charge is 0.374 e. The summed E-state index contributed by atoms with van der Waals surface area (Å²) in [6, 6.07) is 39.3. The number of aromatic nitrogens is 3. The summed E-state index contributed by atoms with van der Waals surface area (Å²) in [5.74, 6) is 3.00. The maximum absolute atomic E-state index is 6.76. The van der Waals surface area contributed by atoms with Gasteiger partial charge < -0.3 is 4.74 Å². The van der Waals surface area contributed by atoms with Crippen molar-refractivity contribution in [2.24, 2.45) is 0 Å². The molecule has 4 aliphatic heterocycles. The molecule has 0 saturated carbocycles. The first-order valence-corrected chi connectivity index (χ1v) is 13.7. The van der Waals surface area contributed by atoms with Crippen LogP contribution in [0.1, 0.15) is 11.1 Å². The normalized spacial score (nSPS) is 17.8. The molecule has 184 valence electrons. The van der Waals surface area contributed by atoms with Gasteiger partial charge in [0, 0.05) is 28.6 Å². The number of anilines is 3. The Morgan fingerprint density at radius 2 is 1.38 bits per heavy atom. The van der Waals surface area contributed by atoms with E-state index in [1.807, 2.05) is 0 Å². The summed E-state index contributed by atoms with van der Waals surface area (Å²) in [5, 5.41) is 2.50. The molecule has 7 aromatic rings. The number of benzene rings is 4. The third-order valence-electron chi connectivity index (χ3n) is 9.32. The lowest BCUT2D eigenvalue weighted by Crippen LogP contribution is -2.75. The maximum Gasteiger partial charge on any atom is 0.374 e. The van der Waals surface area contributed by atoms with Crippen LogP contribution in [0.2, 0.25) is 0 Å². The van der Waals surface area contributed by atoms with E-state index in [2.05, 4.69) is 140 Å². The van der Waals surface area contributed by atoms with Gasteiger partial charge in [-0.15, -0.1) is 4.57 Å². The van der Waals surface area contributed by atoms with Crippen molar-refractivity contribution in [2.45, 2.75) is 5.66 Å². The van der Waals surface area contributed by atoms with Gasteiger partial charge in [-0.1, -0.05) is 30.3 Å². The van der Waals surface area contributed by atoms with E-state index >= 15 is 0 Å². The lowest BCUT2D eigenvalue weighted by molar-refractivity contribution is -0.961. The molecule has 7 heterocycles. The SMILES string of the molecule is c1ccc(N2c3ccc[n+]4c3-n3c5c2cccc5c2ccc5c(c23)C42c3c(cccc3-c3cccc[n+]32)O5)cc1. The molecule has 1 unspecified atom stereocenters. The fourth-order valence-corrected chi connectivity index (χ4v) is 8.04. The first-order chi connectivity index (χ1) is 19.9. The Morgan fingerprint density at radius 1 is 0.575 bits per heavy atom. The summed E-state index contributed by atoms with van der Waals surface area (Å²) in [6.07, 6.45) is 4.50. The van der Waals surface area contributed by atoms with Crippen LogP contribution in [0.5, 0.6) is 11.5 Å². The molecule has 5 heteroatoms. The number of rotatable bonds is 1. The number of hydrogen-bond donors (Lipinski definition) is 0. The molecule has 1 spiro atoms. The zero-order valence-corrected chi connectivity index (χ0v) is 21.2. The van der Waals surface area contributed by atoms with Crippen molar-refractivity contribution in [1.29, 1.82) is 0 Å². The summed E-state index contributed by atoms with van der Waals surface area (Å²) >= 11 is 0. The van der Waals surface area contributed by atoms with E-state index in [0.717, 1.165) is 22.9 Å². The van der Waals surface area contributed by atoms with E-state index < -0.39 is 5.66 Å². The van der Waals surface area contributed by atoms with Crippen LogP contribution in [0.3, 0.4) is 0 Å². The molecule has 1 atom stereocenters. The van der Waals surface area contributed by atoms with Crippen LogP contribution < -0.4 is 18.8 Å². The second kappa shape index (κ2) is 6.24. The van der Waals surface area contributed by atoms with Crippen LogP contribution in [0.4, 0.5) is 17.1 Å². The molecule has 40 heavy (non-hydrogen) atoms.